The molecule has 1 aliphatic heterocycles. The van der Waals surface area contributed by atoms with Gasteiger partial charge >= 0.3 is 0 Å². The SMILES string of the molecule is CC1CCC(C)N(S(=O)(=O)c2ccc(F)cc2)C1. The molecule has 1 aromatic rings. The number of hydrogen-bond donors (Lipinski definition) is 0. The van der Waals surface area contributed by atoms with Crippen molar-refractivity contribution in [3.05, 3.63) is 30.1 Å². The molecular formula is C13H18FNO2S. The fourth-order valence-corrected chi connectivity index (χ4v) is 4.11. The first kappa shape index (κ1) is 13.5. The van der Waals surface area contributed by atoms with Crippen LogP contribution in [0, 0.1) is 11.7 Å². The summed E-state index contributed by atoms with van der Waals surface area (Å²) in [6.07, 6.45) is 1.93. The molecule has 3 nitrogen and oxygen atoms in total. The third-order valence-corrected chi connectivity index (χ3v) is 5.48. The number of halogens is 1. The molecule has 0 spiro atoms. The molecule has 0 aliphatic carbocycles. The Balaban J connectivity index is 2.32. The monoisotopic (exact) mass is 271 g/mol. The summed E-state index contributed by atoms with van der Waals surface area (Å²) in [6, 6.07) is 5.04. The summed E-state index contributed by atoms with van der Waals surface area (Å²) in [5.74, 6) is -0.0505. The van der Waals surface area contributed by atoms with Crippen molar-refractivity contribution in [3.8, 4) is 0 Å². The van der Waals surface area contributed by atoms with Crippen molar-refractivity contribution >= 4 is 10.0 Å². The minimum absolute atomic E-state index is 0.0104. The zero-order valence-electron chi connectivity index (χ0n) is 10.6. The summed E-state index contributed by atoms with van der Waals surface area (Å²) in [4.78, 5) is 0.171. The lowest BCUT2D eigenvalue weighted by Crippen LogP contribution is -2.44. The van der Waals surface area contributed by atoms with E-state index in [9.17, 15) is 12.8 Å². The zero-order chi connectivity index (χ0) is 13.3. The molecule has 0 N–H and O–H groups in total. The van der Waals surface area contributed by atoms with Crippen LogP contribution < -0.4 is 0 Å². The quantitative estimate of drug-likeness (QED) is 0.829. The Kier molecular flexibility index (Phi) is 3.73. The van der Waals surface area contributed by atoms with Gasteiger partial charge in [-0.3, -0.25) is 0 Å². The predicted molar refractivity (Wildman–Crippen MR) is 68.2 cm³/mol. The van der Waals surface area contributed by atoms with Gasteiger partial charge in [-0.25, -0.2) is 12.8 Å². The Hall–Kier alpha value is -0.940. The van der Waals surface area contributed by atoms with E-state index in [4.69, 9.17) is 0 Å². The number of nitrogens with zero attached hydrogens (tertiary/aromatic N) is 1. The molecule has 5 heteroatoms. The van der Waals surface area contributed by atoms with Gasteiger partial charge in [-0.2, -0.15) is 4.31 Å². The van der Waals surface area contributed by atoms with Gasteiger partial charge in [0.2, 0.25) is 10.0 Å². The van der Waals surface area contributed by atoms with Crippen LogP contribution >= 0.6 is 0 Å². The predicted octanol–water partition coefficient (Wildman–Crippen LogP) is 2.63. The largest absolute Gasteiger partial charge is 0.243 e. The van der Waals surface area contributed by atoms with E-state index in [0.717, 1.165) is 12.8 Å². The molecular weight excluding hydrogens is 253 g/mol. The highest BCUT2D eigenvalue weighted by Crippen LogP contribution is 2.27. The average Bonchev–Trinajstić information content (AvgIpc) is 2.32. The standard InChI is InChI=1S/C13H18FNO2S/c1-10-3-4-11(2)15(9-10)18(16,17)13-7-5-12(14)6-8-13/h5-8,10-11H,3-4,9H2,1-2H3. The summed E-state index contributed by atoms with van der Waals surface area (Å²) in [6.45, 7) is 4.52. The first-order valence-electron chi connectivity index (χ1n) is 6.18. The smallest absolute Gasteiger partial charge is 0.207 e. The molecule has 100 valence electrons. The van der Waals surface area contributed by atoms with Gasteiger partial charge in [0.15, 0.2) is 0 Å². The van der Waals surface area contributed by atoms with Crippen LogP contribution in [-0.2, 0) is 10.0 Å². The molecule has 1 heterocycles. The van der Waals surface area contributed by atoms with Crippen LogP contribution in [0.25, 0.3) is 0 Å². The maximum atomic E-state index is 12.8. The number of sulfonamides is 1. The zero-order valence-corrected chi connectivity index (χ0v) is 11.5. The first-order valence-corrected chi connectivity index (χ1v) is 7.62. The molecule has 0 amide bonds. The van der Waals surface area contributed by atoms with Crippen LogP contribution in [0.4, 0.5) is 4.39 Å². The fourth-order valence-electron chi connectivity index (χ4n) is 2.33. The molecule has 1 saturated heterocycles. The first-order chi connectivity index (χ1) is 8.41. The number of benzene rings is 1. The van der Waals surface area contributed by atoms with E-state index in [0.29, 0.717) is 12.5 Å². The maximum absolute atomic E-state index is 12.8. The molecule has 0 bridgehead atoms. The minimum Gasteiger partial charge on any atom is -0.207 e. The number of rotatable bonds is 2. The third-order valence-electron chi connectivity index (χ3n) is 3.48. The molecule has 1 aliphatic rings. The molecule has 2 unspecified atom stereocenters. The van der Waals surface area contributed by atoms with Crippen molar-refractivity contribution < 1.29 is 12.8 Å². The van der Waals surface area contributed by atoms with Gasteiger partial charge in [0.1, 0.15) is 5.82 Å². The van der Waals surface area contributed by atoms with E-state index in [2.05, 4.69) is 6.92 Å². The van der Waals surface area contributed by atoms with Gasteiger partial charge in [-0.1, -0.05) is 6.92 Å². The second kappa shape index (κ2) is 4.97. The fraction of sp³-hybridized carbons (Fsp3) is 0.538. The van der Waals surface area contributed by atoms with Gasteiger partial charge in [-0.05, 0) is 49.9 Å². The Morgan fingerprint density at radius 2 is 1.78 bits per heavy atom. The summed E-state index contributed by atoms with van der Waals surface area (Å²) in [5, 5.41) is 0. The van der Waals surface area contributed by atoms with Crippen molar-refractivity contribution in [2.75, 3.05) is 6.54 Å². The van der Waals surface area contributed by atoms with E-state index in [-0.39, 0.29) is 10.9 Å². The second-order valence-corrected chi connectivity index (χ2v) is 6.95. The van der Waals surface area contributed by atoms with Crippen molar-refractivity contribution in [3.63, 3.8) is 0 Å². The van der Waals surface area contributed by atoms with Gasteiger partial charge < -0.3 is 0 Å². The Morgan fingerprint density at radius 1 is 1.17 bits per heavy atom. The summed E-state index contributed by atoms with van der Waals surface area (Å²) >= 11 is 0. The van der Waals surface area contributed by atoms with Crippen LogP contribution in [0.2, 0.25) is 0 Å². The van der Waals surface area contributed by atoms with Gasteiger partial charge in [-0.15, -0.1) is 0 Å². The molecule has 0 radical (unpaired) electrons. The summed E-state index contributed by atoms with van der Waals surface area (Å²) in [5.41, 5.74) is 0. The minimum atomic E-state index is -3.49. The van der Waals surface area contributed by atoms with Gasteiger partial charge in [0.05, 0.1) is 4.90 Å². The molecule has 0 saturated carbocycles. The molecule has 2 rings (SSSR count). The average molecular weight is 271 g/mol. The van der Waals surface area contributed by atoms with E-state index in [1.165, 1.54) is 28.6 Å². The Morgan fingerprint density at radius 3 is 2.39 bits per heavy atom. The highest BCUT2D eigenvalue weighted by atomic mass is 32.2. The lowest BCUT2D eigenvalue weighted by molar-refractivity contribution is 0.218. The van der Waals surface area contributed by atoms with E-state index < -0.39 is 15.8 Å². The normalized spacial score (nSPS) is 26.2. The van der Waals surface area contributed by atoms with Crippen molar-refractivity contribution in [1.29, 1.82) is 0 Å². The van der Waals surface area contributed by atoms with E-state index >= 15 is 0 Å². The third kappa shape index (κ3) is 2.57. The van der Waals surface area contributed by atoms with Gasteiger partial charge in [0.25, 0.3) is 0 Å². The second-order valence-electron chi connectivity index (χ2n) is 5.06. The van der Waals surface area contributed by atoms with Crippen molar-refractivity contribution in [2.24, 2.45) is 5.92 Å². The molecule has 2 atom stereocenters. The van der Waals surface area contributed by atoms with E-state index in [1.54, 1.807) is 0 Å². The van der Waals surface area contributed by atoms with Crippen LogP contribution in [0.1, 0.15) is 26.7 Å². The highest BCUT2D eigenvalue weighted by molar-refractivity contribution is 7.89. The van der Waals surface area contributed by atoms with Crippen LogP contribution in [0.5, 0.6) is 0 Å². The molecule has 1 fully saturated rings. The molecule has 18 heavy (non-hydrogen) atoms. The number of hydrogen-bond acceptors (Lipinski definition) is 2. The van der Waals surface area contributed by atoms with Crippen LogP contribution in [0.3, 0.4) is 0 Å². The lowest BCUT2D eigenvalue weighted by atomic mass is 9.97. The Labute approximate surface area is 108 Å². The Bertz CT molecular complexity index is 512. The number of piperidine rings is 1. The summed E-state index contributed by atoms with van der Waals surface area (Å²) in [7, 11) is -3.49. The summed E-state index contributed by atoms with van der Waals surface area (Å²) < 4.78 is 39.3. The van der Waals surface area contributed by atoms with Crippen molar-refractivity contribution in [1.82, 2.24) is 4.31 Å². The van der Waals surface area contributed by atoms with Crippen LogP contribution in [-0.4, -0.2) is 25.3 Å². The van der Waals surface area contributed by atoms with Gasteiger partial charge in [0, 0.05) is 12.6 Å². The topological polar surface area (TPSA) is 37.4 Å². The van der Waals surface area contributed by atoms with E-state index in [1.807, 2.05) is 6.92 Å². The maximum Gasteiger partial charge on any atom is 0.243 e. The van der Waals surface area contributed by atoms with Crippen LogP contribution in [0.15, 0.2) is 29.2 Å². The van der Waals surface area contributed by atoms with Crippen molar-refractivity contribution in [2.45, 2.75) is 37.6 Å². The molecule has 0 aromatic heterocycles. The lowest BCUT2D eigenvalue weighted by Gasteiger charge is -2.35. The highest BCUT2D eigenvalue weighted by Gasteiger charge is 2.33. The molecule has 1 aromatic carbocycles.